The third-order valence-electron chi connectivity index (χ3n) is 3.39. The molecule has 0 saturated heterocycles. The summed E-state index contributed by atoms with van der Waals surface area (Å²) in [6.07, 6.45) is 3.43. The minimum atomic E-state index is -0.189. The summed E-state index contributed by atoms with van der Waals surface area (Å²) < 4.78 is 3.61. The average Bonchev–Trinajstić information content (AvgIpc) is 3.01. The van der Waals surface area contributed by atoms with Crippen LogP contribution < -0.4 is 5.32 Å². The predicted octanol–water partition coefficient (Wildman–Crippen LogP) is 1.82. The van der Waals surface area contributed by atoms with E-state index in [1.54, 1.807) is 17.2 Å². The number of carbonyl (C=O) groups is 1. The maximum atomic E-state index is 12.5. The Morgan fingerprint density at radius 2 is 2.05 bits per heavy atom. The lowest BCUT2D eigenvalue weighted by atomic mass is 9.89. The van der Waals surface area contributed by atoms with E-state index < -0.39 is 0 Å². The van der Waals surface area contributed by atoms with Gasteiger partial charge in [-0.3, -0.25) is 9.48 Å². The first-order chi connectivity index (χ1) is 10.2. The first-order valence-corrected chi connectivity index (χ1v) is 7.41. The van der Waals surface area contributed by atoms with Gasteiger partial charge < -0.3 is 9.88 Å². The fourth-order valence-electron chi connectivity index (χ4n) is 2.29. The molecule has 0 aliphatic rings. The van der Waals surface area contributed by atoms with Crippen molar-refractivity contribution >= 4 is 5.91 Å². The van der Waals surface area contributed by atoms with Crippen molar-refractivity contribution in [2.24, 2.45) is 7.05 Å². The number of amides is 1. The van der Waals surface area contributed by atoms with Crippen LogP contribution in [0.4, 0.5) is 0 Å². The van der Waals surface area contributed by atoms with E-state index in [2.05, 4.69) is 20.6 Å². The molecule has 0 aromatic carbocycles. The number of hydrogen-bond donors (Lipinski definition) is 1. The monoisotopic (exact) mass is 304 g/mol. The minimum absolute atomic E-state index is 0.142. The van der Waals surface area contributed by atoms with E-state index in [9.17, 15) is 4.79 Å². The number of rotatable bonds is 4. The van der Waals surface area contributed by atoms with Crippen LogP contribution in [0.1, 0.15) is 62.5 Å². The van der Waals surface area contributed by atoms with Crippen molar-refractivity contribution in [3.05, 3.63) is 29.6 Å². The summed E-state index contributed by atoms with van der Waals surface area (Å²) in [7, 11) is 1.82. The Balaban J connectivity index is 2.15. The predicted molar refractivity (Wildman–Crippen MR) is 83.5 cm³/mol. The standard InChI is InChI=1S/C15H24N6O/c1-10(2)21-9-17-18-12(21)7-16-14(22)11-8-20(6)19-13(11)15(3,4)5/h8-10H,7H2,1-6H3,(H,16,22). The summed E-state index contributed by atoms with van der Waals surface area (Å²) in [6.45, 7) is 10.6. The van der Waals surface area contributed by atoms with E-state index in [1.807, 2.05) is 46.2 Å². The second kappa shape index (κ2) is 5.90. The summed E-state index contributed by atoms with van der Waals surface area (Å²) >= 11 is 0. The van der Waals surface area contributed by atoms with Crippen LogP contribution in [-0.4, -0.2) is 30.5 Å². The molecule has 0 aliphatic carbocycles. The molecule has 120 valence electrons. The van der Waals surface area contributed by atoms with E-state index in [0.29, 0.717) is 12.1 Å². The summed E-state index contributed by atoms with van der Waals surface area (Å²) in [5.41, 5.74) is 1.20. The van der Waals surface area contributed by atoms with Crippen LogP contribution >= 0.6 is 0 Å². The molecule has 7 heteroatoms. The molecule has 0 aliphatic heterocycles. The van der Waals surface area contributed by atoms with Crippen LogP contribution in [0, 0.1) is 0 Å². The van der Waals surface area contributed by atoms with Gasteiger partial charge in [0, 0.05) is 24.7 Å². The van der Waals surface area contributed by atoms with Crippen molar-refractivity contribution in [1.82, 2.24) is 29.9 Å². The lowest BCUT2D eigenvalue weighted by Crippen LogP contribution is -2.27. The Morgan fingerprint density at radius 1 is 1.36 bits per heavy atom. The fraction of sp³-hybridized carbons (Fsp3) is 0.600. The molecular formula is C15H24N6O. The molecule has 7 nitrogen and oxygen atoms in total. The van der Waals surface area contributed by atoms with Gasteiger partial charge in [0.1, 0.15) is 6.33 Å². The van der Waals surface area contributed by atoms with Crippen LogP contribution in [0.2, 0.25) is 0 Å². The number of nitrogens with zero attached hydrogens (tertiary/aromatic N) is 5. The Bertz CT molecular complexity index is 662. The highest BCUT2D eigenvalue weighted by atomic mass is 16.1. The van der Waals surface area contributed by atoms with Gasteiger partial charge in [0.25, 0.3) is 5.91 Å². The van der Waals surface area contributed by atoms with Gasteiger partial charge in [0.15, 0.2) is 5.82 Å². The Morgan fingerprint density at radius 3 is 2.64 bits per heavy atom. The SMILES string of the molecule is CC(C)n1cnnc1CNC(=O)c1cn(C)nc1C(C)(C)C. The van der Waals surface area contributed by atoms with Crippen molar-refractivity contribution in [3.8, 4) is 0 Å². The fourth-order valence-corrected chi connectivity index (χ4v) is 2.29. The van der Waals surface area contributed by atoms with Gasteiger partial charge in [0.2, 0.25) is 0 Å². The second-order valence-electron chi connectivity index (χ2n) is 6.75. The number of hydrogen-bond acceptors (Lipinski definition) is 4. The summed E-state index contributed by atoms with van der Waals surface area (Å²) in [5.74, 6) is 0.598. The first kappa shape index (κ1) is 16.2. The first-order valence-electron chi connectivity index (χ1n) is 7.41. The molecule has 2 aromatic heterocycles. The molecule has 0 bridgehead atoms. The van der Waals surface area contributed by atoms with Crippen molar-refractivity contribution in [1.29, 1.82) is 0 Å². The Hall–Kier alpha value is -2.18. The smallest absolute Gasteiger partial charge is 0.255 e. The van der Waals surface area contributed by atoms with Gasteiger partial charge in [-0.05, 0) is 13.8 Å². The van der Waals surface area contributed by atoms with Crippen molar-refractivity contribution < 1.29 is 4.79 Å². The highest BCUT2D eigenvalue weighted by Crippen LogP contribution is 2.24. The zero-order valence-electron chi connectivity index (χ0n) is 14.1. The lowest BCUT2D eigenvalue weighted by Gasteiger charge is -2.17. The van der Waals surface area contributed by atoms with E-state index >= 15 is 0 Å². The second-order valence-corrected chi connectivity index (χ2v) is 6.75. The maximum Gasteiger partial charge on any atom is 0.255 e. The molecule has 22 heavy (non-hydrogen) atoms. The van der Waals surface area contributed by atoms with E-state index in [-0.39, 0.29) is 17.4 Å². The van der Waals surface area contributed by atoms with Gasteiger partial charge >= 0.3 is 0 Å². The molecule has 1 amide bonds. The van der Waals surface area contributed by atoms with Crippen LogP contribution in [0.15, 0.2) is 12.5 Å². The van der Waals surface area contributed by atoms with E-state index in [0.717, 1.165) is 11.5 Å². The minimum Gasteiger partial charge on any atom is -0.345 e. The maximum absolute atomic E-state index is 12.5. The van der Waals surface area contributed by atoms with Crippen molar-refractivity contribution in [2.75, 3.05) is 0 Å². The van der Waals surface area contributed by atoms with Gasteiger partial charge in [0.05, 0.1) is 17.8 Å². The summed E-state index contributed by atoms with van der Waals surface area (Å²) in [6, 6.07) is 0.255. The molecule has 2 heterocycles. The molecule has 1 N–H and O–H groups in total. The van der Waals surface area contributed by atoms with Gasteiger partial charge in [-0.1, -0.05) is 20.8 Å². The lowest BCUT2D eigenvalue weighted by molar-refractivity contribution is 0.0947. The summed E-state index contributed by atoms with van der Waals surface area (Å²) in [4.78, 5) is 12.5. The topological polar surface area (TPSA) is 77.6 Å². The number of nitrogens with one attached hydrogen (secondary N) is 1. The number of aryl methyl sites for hydroxylation is 1. The van der Waals surface area contributed by atoms with Crippen molar-refractivity contribution in [2.45, 2.75) is 52.6 Å². The van der Waals surface area contributed by atoms with E-state index in [4.69, 9.17) is 0 Å². The molecule has 0 radical (unpaired) electrons. The van der Waals surface area contributed by atoms with Gasteiger partial charge in [-0.2, -0.15) is 5.10 Å². The number of aromatic nitrogens is 5. The largest absolute Gasteiger partial charge is 0.345 e. The van der Waals surface area contributed by atoms with Crippen LogP contribution in [0.5, 0.6) is 0 Å². The zero-order chi connectivity index (χ0) is 16.5. The Labute approximate surface area is 130 Å². The molecule has 0 spiro atoms. The van der Waals surface area contributed by atoms with Crippen LogP contribution in [0.25, 0.3) is 0 Å². The molecule has 0 unspecified atom stereocenters. The molecule has 2 aromatic rings. The van der Waals surface area contributed by atoms with Crippen LogP contribution in [-0.2, 0) is 19.0 Å². The third kappa shape index (κ3) is 3.35. The van der Waals surface area contributed by atoms with Crippen LogP contribution in [0.3, 0.4) is 0 Å². The molecule has 0 saturated carbocycles. The quantitative estimate of drug-likeness (QED) is 0.934. The van der Waals surface area contributed by atoms with Gasteiger partial charge in [-0.25, -0.2) is 0 Å². The highest BCUT2D eigenvalue weighted by molar-refractivity contribution is 5.95. The summed E-state index contributed by atoms with van der Waals surface area (Å²) in [5, 5.41) is 15.3. The molecule has 2 rings (SSSR count). The third-order valence-corrected chi connectivity index (χ3v) is 3.39. The highest BCUT2D eigenvalue weighted by Gasteiger charge is 2.25. The number of carbonyl (C=O) groups excluding carboxylic acids is 1. The molecule has 0 atom stereocenters. The van der Waals surface area contributed by atoms with E-state index in [1.165, 1.54) is 0 Å². The zero-order valence-corrected chi connectivity index (χ0v) is 14.1. The molecular weight excluding hydrogens is 280 g/mol. The normalized spacial score (nSPS) is 12.0. The molecule has 0 fully saturated rings. The Kier molecular flexibility index (Phi) is 4.35. The average molecular weight is 304 g/mol. The van der Waals surface area contributed by atoms with Gasteiger partial charge in [-0.15, -0.1) is 10.2 Å². The van der Waals surface area contributed by atoms with Crippen molar-refractivity contribution in [3.63, 3.8) is 0 Å².